The Hall–Kier alpha value is -2.71. The van der Waals surface area contributed by atoms with Crippen molar-refractivity contribution in [3.05, 3.63) is 53.5 Å². The fraction of sp³-hybridized carbons (Fsp3) is 0.400. The van der Waals surface area contributed by atoms with Crippen molar-refractivity contribution in [1.82, 2.24) is 14.6 Å². The molecule has 0 radical (unpaired) electrons. The molecule has 0 fully saturated rings. The van der Waals surface area contributed by atoms with E-state index in [-0.39, 0.29) is 31.0 Å². The lowest BCUT2D eigenvalue weighted by Gasteiger charge is -2.18. The van der Waals surface area contributed by atoms with Crippen molar-refractivity contribution in [2.24, 2.45) is 0 Å². The van der Waals surface area contributed by atoms with Crippen molar-refractivity contribution in [3.63, 3.8) is 0 Å². The van der Waals surface area contributed by atoms with E-state index in [4.69, 9.17) is 5.11 Å². The van der Waals surface area contributed by atoms with Crippen LogP contribution in [0.1, 0.15) is 37.3 Å². The van der Waals surface area contributed by atoms with Gasteiger partial charge in [-0.2, -0.15) is 9.61 Å². The Bertz CT molecular complexity index is 928. The SMILES string of the molecule is CC(C)c1cnn2c(NCc3ccccc3F)cc(N[C@@H](CO)CCO)nc12. The summed E-state index contributed by atoms with van der Waals surface area (Å²) in [7, 11) is 0. The van der Waals surface area contributed by atoms with Gasteiger partial charge in [0, 0.05) is 30.3 Å². The predicted molar refractivity (Wildman–Crippen MR) is 107 cm³/mol. The number of halogens is 1. The molecule has 0 saturated carbocycles. The lowest BCUT2D eigenvalue weighted by atomic mass is 10.1. The minimum absolute atomic E-state index is 0.0389. The first kappa shape index (κ1) is 20.0. The van der Waals surface area contributed by atoms with E-state index in [1.165, 1.54) is 6.07 Å². The summed E-state index contributed by atoms with van der Waals surface area (Å²) in [5, 5.41) is 29.5. The molecule has 0 unspecified atom stereocenters. The lowest BCUT2D eigenvalue weighted by Crippen LogP contribution is -2.25. The van der Waals surface area contributed by atoms with Crippen molar-refractivity contribution in [1.29, 1.82) is 0 Å². The molecule has 2 heterocycles. The van der Waals surface area contributed by atoms with Crippen LogP contribution in [0.4, 0.5) is 16.0 Å². The molecule has 0 bridgehead atoms. The van der Waals surface area contributed by atoms with Crippen molar-refractivity contribution in [2.45, 2.75) is 38.8 Å². The highest BCUT2D eigenvalue weighted by atomic mass is 19.1. The Kier molecular flexibility index (Phi) is 6.43. The average molecular weight is 387 g/mol. The third kappa shape index (κ3) is 4.40. The molecule has 150 valence electrons. The normalized spacial score (nSPS) is 12.5. The van der Waals surface area contributed by atoms with E-state index in [0.29, 0.717) is 35.8 Å². The fourth-order valence-corrected chi connectivity index (χ4v) is 2.99. The van der Waals surface area contributed by atoms with Crippen molar-refractivity contribution < 1.29 is 14.6 Å². The van der Waals surface area contributed by atoms with Gasteiger partial charge in [0.25, 0.3) is 0 Å². The van der Waals surface area contributed by atoms with Gasteiger partial charge in [0.15, 0.2) is 5.65 Å². The van der Waals surface area contributed by atoms with Crippen molar-refractivity contribution in [3.8, 4) is 0 Å². The maximum Gasteiger partial charge on any atom is 0.163 e. The Morgan fingerprint density at radius 2 is 2.00 bits per heavy atom. The summed E-state index contributed by atoms with van der Waals surface area (Å²) in [4.78, 5) is 4.64. The molecular formula is C20H26FN5O2. The number of nitrogens with one attached hydrogen (secondary N) is 2. The number of hydrogen-bond donors (Lipinski definition) is 4. The molecule has 0 amide bonds. The monoisotopic (exact) mass is 387 g/mol. The summed E-state index contributed by atoms with van der Waals surface area (Å²) in [6, 6.07) is 8.06. The minimum Gasteiger partial charge on any atom is -0.396 e. The molecule has 0 spiro atoms. The van der Waals surface area contributed by atoms with Gasteiger partial charge in [-0.15, -0.1) is 0 Å². The molecule has 7 nitrogen and oxygen atoms in total. The number of benzene rings is 1. The van der Waals surface area contributed by atoms with E-state index in [1.807, 2.05) is 0 Å². The molecule has 3 rings (SSSR count). The third-order valence-corrected chi connectivity index (χ3v) is 4.59. The Labute approximate surface area is 163 Å². The van der Waals surface area contributed by atoms with Gasteiger partial charge >= 0.3 is 0 Å². The molecule has 3 aromatic rings. The number of aliphatic hydroxyl groups excluding tert-OH is 2. The van der Waals surface area contributed by atoms with Crippen LogP contribution in [-0.2, 0) is 6.54 Å². The Morgan fingerprint density at radius 1 is 1.21 bits per heavy atom. The second-order valence-corrected chi connectivity index (χ2v) is 7.00. The second-order valence-electron chi connectivity index (χ2n) is 7.00. The van der Waals surface area contributed by atoms with E-state index >= 15 is 0 Å². The summed E-state index contributed by atoms with van der Waals surface area (Å²) in [6.07, 6.45) is 2.18. The van der Waals surface area contributed by atoms with Crippen LogP contribution in [0.3, 0.4) is 0 Å². The summed E-state index contributed by atoms with van der Waals surface area (Å²) in [6.45, 7) is 4.26. The number of anilines is 2. The van der Waals surface area contributed by atoms with Crippen LogP contribution in [0, 0.1) is 5.82 Å². The minimum atomic E-state index is -0.315. The highest BCUT2D eigenvalue weighted by Crippen LogP contribution is 2.25. The van der Waals surface area contributed by atoms with E-state index < -0.39 is 0 Å². The molecule has 0 aliphatic rings. The molecule has 0 aliphatic carbocycles. The van der Waals surface area contributed by atoms with Crippen molar-refractivity contribution in [2.75, 3.05) is 23.8 Å². The van der Waals surface area contributed by atoms with Gasteiger partial charge in [-0.3, -0.25) is 0 Å². The fourth-order valence-electron chi connectivity index (χ4n) is 2.99. The maximum absolute atomic E-state index is 14.0. The van der Waals surface area contributed by atoms with Gasteiger partial charge in [0.1, 0.15) is 17.5 Å². The molecule has 28 heavy (non-hydrogen) atoms. The Balaban J connectivity index is 1.95. The van der Waals surface area contributed by atoms with Gasteiger partial charge in [0.2, 0.25) is 0 Å². The van der Waals surface area contributed by atoms with Gasteiger partial charge < -0.3 is 20.8 Å². The first-order valence-electron chi connectivity index (χ1n) is 9.37. The number of fused-ring (bicyclic) bond motifs is 1. The summed E-state index contributed by atoms with van der Waals surface area (Å²) >= 11 is 0. The first-order valence-corrected chi connectivity index (χ1v) is 9.37. The van der Waals surface area contributed by atoms with Crippen LogP contribution in [-0.4, -0.2) is 44.1 Å². The summed E-state index contributed by atoms with van der Waals surface area (Å²) in [5.41, 5.74) is 2.23. The van der Waals surface area contributed by atoms with Crippen LogP contribution < -0.4 is 10.6 Å². The molecule has 0 aliphatic heterocycles. The third-order valence-electron chi connectivity index (χ3n) is 4.59. The topological polar surface area (TPSA) is 94.7 Å². The van der Waals surface area contributed by atoms with Crippen LogP contribution in [0.2, 0.25) is 0 Å². The predicted octanol–water partition coefficient (Wildman–Crippen LogP) is 2.76. The summed E-state index contributed by atoms with van der Waals surface area (Å²) in [5.74, 6) is 1.16. The highest BCUT2D eigenvalue weighted by Gasteiger charge is 2.16. The molecule has 1 atom stereocenters. The molecule has 2 aromatic heterocycles. The van der Waals surface area contributed by atoms with E-state index in [2.05, 4.69) is 34.6 Å². The number of hydrogen-bond acceptors (Lipinski definition) is 6. The zero-order valence-corrected chi connectivity index (χ0v) is 16.1. The van der Waals surface area contributed by atoms with Crippen LogP contribution in [0.25, 0.3) is 5.65 Å². The zero-order valence-electron chi connectivity index (χ0n) is 16.1. The Morgan fingerprint density at radius 3 is 2.68 bits per heavy atom. The first-order chi connectivity index (χ1) is 13.5. The van der Waals surface area contributed by atoms with Gasteiger partial charge in [0.05, 0.1) is 18.8 Å². The molecular weight excluding hydrogens is 361 g/mol. The molecule has 8 heteroatoms. The van der Waals surface area contributed by atoms with Crippen LogP contribution in [0.5, 0.6) is 0 Å². The molecule has 0 saturated heterocycles. The van der Waals surface area contributed by atoms with Gasteiger partial charge in [-0.05, 0) is 18.4 Å². The van der Waals surface area contributed by atoms with Crippen LogP contribution in [0.15, 0.2) is 36.5 Å². The van der Waals surface area contributed by atoms with E-state index in [9.17, 15) is 9.50 Å². The van der Waals surface area contributed by atoms with Crippen LogP contribution >= 0.6 is 0 Å². The smallest absolute Gasteiger partial charge is 0.163 e. The zero-order chi connectivity index (χ0) is 20.1. The standard InChI is InChI=1S/C20H26FN5O2/c1-13(2)16-11-23-26-19(22-10-14-5-3-4-6-17(14)21)9-18(25-20(16)26)24-15(12-28)7-8-27/h3-6,9,11,13,15,22,27-28H,7-8,10,12H2,1-2H3,(H,24,25)/t15-/m1/s1. The number of aliphatic hydroxyl groups is 2. The molecule has 4 N–H and O–H groups in total. The number of aromatic nitrogens is 3. The van der Waals surface area contributed by atoms with Gasteiger partial charge in [-0.1, -0.05) is 32.0 Å². The quantitative estimate of drug-likeness (QED) is 0.451. The largest absolute Gasteiger partial charge is 0.396 e. The van der Waals surface area contributed by atoms with E-state index in [1.54, 1.807) is 35.0 Å². The average Bonchev–Trinajstić information content (AvgIpc) is 3.11. The number of rotatable bonds is 9. The van der Waals surface area contributed by atoms with E-state index in [0.717, 1.165) is 5.56 Å². The lowest BCUT2D eigenvalue weighted by molar-refractivity contribution is 0.228. The van der Waals surface area contributed by atoms with Crippen molar-refractivity contribution >= 4 is 17.3 Å². The highest BCUT2D eigenvalue weighted by molar-refractivity contribution is 5.61. The molecule has 1 aromatic carbocycles. The number of nitrogens with zero attached hydrogens (tertiary/aromatic N) is 3. The van der Waals surface area contributed by atoms with Gasteiger partial charge in [-0.25, -0.2) is 9.37 Å². The maximum atomic E-state index is 14.0. The second kappa shape index (κ2) is 8.99. The summed E-state index contributed by atoms with van der Waals surface area (Å²) < 4.78 is 15.7.